The summed E-state index contributed by atoms with van der Waals surface area (Å²) in [4.78, 5) is 138. The van der Waals surface area contributed by atoms with Gasteiger partial charge in [0.1, 0.15) is 50.4 Å². The lowest BCUT2D eigenvalue weighted by Gasteiger charge is -2.14. The molecular formula is C89H61ClN4O19S5. The van der Waals surface area contributed by atoms with Crippen LogP contribution in [-0.4, -0.2) is 103 Å². The van der Waals surface area contributed by atoms with Crippen LogP contribution in [0.25, 0.3) is 69.6 Å². The Bertz CT molecular complexity index is 6090. The third-order valence-corrected chi connectivity index (χ3v) is 22.3. The summed E-state index contributed by atoms with van der Waals surface area (Å²) < 4.78 is 23.6. The minimum absolute atomic E-state index is 0.0330. The predicted molar refractivity (Wildman–Crippen MR) is 455 cm³/mol. The number of carboxylic acids is 4. The number of halogens is 1. The summed E-state index contributed by atoms with van der Waals surface area (Å²) in [5.41, 5.74) is 8.76. The average Bonchev–Trinajstić information content (AvgIpc) is 1.66. The molecule has 0 radical (unpaired) electrons. The van der Waals surface area contributed by atoms with Crippen molar-refractivity contribution in [3.63, 3.8) is 0 Å². The van der Waals surface area contributed by atoms with Crippen molar-refractivity contribution in [1.29, 1.82) is 0 Å². The van der Waals surface area contributed by atoms with E-state index in [1.165, 1.54) is 82.2 Å². The van der Waals surface area contributed by atoms with Gasteiger partial charge >= 0.3 is 23.9 Å². The van der Waals surface area contributed by atoms with Crippen molar-refractivity contribution in [1.82, 2.24) is 14.7 Å². The van der Waals surface area contributed by atoms with Gasteiger partial charge in [-0.2, -0.15) is 0 Å². The quantitative estimate of drug-likeness (QED) is 0.0431. The van der Waals surface area contributed by atoms with E-state index in [-0.39, 0.29) is 83.6 Å². The first-order chi connectivity index (χ1) is 56.7. The molecule has 588 valence electrons. The molecule has 12 aromatic rings. The maximum absolute atomic E-state index is 12.8. The summed E-state index contributed by atoms with van der Waals surface area (Å²) in [6.45, 7) is 4.81. The van der Waals surface area contributed by atoms with E-state index in [4.69, 9.17) is 56.8 Å². The number of aryl methyl sites for hydroxylation is 2. The standard InChI is InChI=1S/C23H16ClNO5S.C23H17NO5S.C22H15NO4S2.C21H13NO5S/c1-13-2-4-14(5-3-13)12-25-21(26)20(31-23(25)29)11-16-7-9-19(30-16)15-6-8-18(24)17(10-15)22(27)28;1-14-2-4-15(5-3-14)13-24-21(25)20(30-23(24)28)12-18-10-11-19(29-18)16-6-8-17(9-7-16)22(26)27;24-20-19(29-22(28)23(20)13-14-4-2-1-3-5-14)12-17-10-11-18(27-17)15-6-8-16(9-7-15)21(25)26;23-19-18(28-21(26)22(19)15-4-2-1-3-5-15)12-16-10-11-17(27-16)13-6-8-14(9-7-13)20(24)25/h2-11H,12H2,1H3,(H,27,28);2-12H,13H2,1H3,(H,26,27);1-12H,13H2,(H,25,26);1-12H,(H,24,25)/b20-11-;20-12-;19-12-;18-12-. The lowest BCUT2D eigenvalue weighted by Crippen LogP contribution is -2.27. The number of benzene rings is 8. The van der Waals surface area contributed by atoms with E-state index >= 15 is 0 Å². The number of thiocarbonyl (C=S) groups is 1. The summed E-state index contributed by atoms with van der Waals surface area (Å²) in [6.07, 6.45) is 6.27. The number of carboxylic acid groups (broad SMARTS) is 4. The largest absolute Gasteiger partial charge is 0.478 e. The highest BCUT2D eigenvalue weighted by molar-refractivity contribution is 8.26. The summed E-state index contributed by atoms with van der Waals surface area (Å²) in [5.74, 6) is -1.53. The lowest BCUT2D eigenvalue weighted by molar-refractivity contribution is -0.124. The van der Waals surface area contributed by atoms with E-state index in [0.29, 0.717) is 89.1 Å². The van der Waals surface area contributed by atoms with Gasteiger partial charge < -0.3 is 38.1 Å². The van der Waals surface area contributed by atoms with Crippen molar-refractivity contribution in [2.45, 2.75) is 33.5 Å². The third kappa shape index (κ3) is 20.0. The molecule has 0 atom stereocenters. The van der Waals surface area contributed by atoms with Gasteiger partial charge in [-0.1, -0.05) is 180 Å². The van der Waals surface area contributed by atoms with Crippen molar-refractivity contribution in [2.75, 3.05) is 4.90 Å². The Labute approximate surface area is 699 Å². The molecule has 0 aliphatic carbocycles. The Balaban J connectivity index is 0.000000136. The molecule has 4 aliphatic rings. The third-order valence-electron chi connectivity index (χ3n) is 17.9. The van der Waals surface area contributed by atoms with Gasteiger partial charge in [-0.15, -0.1) is 0 Å². The molecule has 0 spiro atoms. The maximum atomic E-state index is 12.8. The number of furan rings is 4. The van der Waals surface area contributed by atoms with Gasteiger partial charge in [0, 0.05) is 46.6 Å². The van der Waals surface area contributed by atoms with E-state index in [1.807, 2.05) is 98.8 Å². The summed E-state index contributed by atoms with van der Waals surface area (Å²) in [7, 11) is 0. The van der Waals surface area contributed by atoms with E-state index in [0.717, 1.165) is 73.6 Å². The second kappa shape index (κ2) is 36.9. The molecule has 8 aromatic carbocycles. The number of carbonyl (C=O) groups is 11. The van der Waals surface area contributed by atoms with Crippen molar-refractivity contribution in [3.05, 3.63) is 346 Å². The zero-order valence-electron chi connectivity index (χ0n) is 61.7. The summed E-state index contributed by atoms with van der Waals surface area (Å²) in [5, 5.41) is 35.3. The SMILES string of the molecule is Cc1ccc(CN2C(=O)S/C(=C\c3ccc(-c4ccc(C(=O)O)cc4)o3)C2=O)cc1.Cc1ccc(CN2C(=O)S/C(=C\c3ccc(-c4ccc(Cl)c(C(=O)O)c4)o3)C2=O)cc1.O=C(O)c1ccc(-c2ccc(/C=C3\SC(=O)N(c4ccccc4)C3=O)o2)cc1.O=C(O)c1ccc(-c2ccc(/C=C3\SC(=S)N(Cc4ccccc4)C3=O)o2)cc1. The van der Waals surface area contributed by atoms with Crippen LogP contribution in [0.3, 0.4) is 0 Å². The van der Waals surface area contributed by atoms with Crippen molar-refractivity contribution in [2.24, 2.45) is 0 Å². The van der Waals surface area contributed by atoms with Crippen LogP contribution in [0.15, 0.2) is 286 Å². The topological polar surface area (TPSA) is 334 Å². The first-order valence-electron chi connectivity index (χ1n) is 35.4. The Morgan fingerprint density at radius 1 is 0.356 bits per heavy atom. The minimum Gasteiger partial charge on any atom is -0.478 e. The van der Waals surface area contributed by atoms with Crippen LogP contribution in [0, 0.1) is 13.8 Å². The zero-order chi connectivity index (χ0) is 83.4. The number of hydrogen-bond donors (Lipinski definition) is 4. The number of hydrogen-bond acceptors (Lipinski definition) is 20. The maximum Gasteiger partial charge on any atom is 0.337 e. The van der Waals surface area contributed by atoms with Gasteiger partial charge in [-0.05, 0) is 181 Å². The number of para-hydroxylation sites is 1. The van der Waals surface area contributed by atoms with E-state index in [9.17, 15) is 57.8 Å². The molecule has 0 bridgehead atoms. The van der Waals surface area contributed by atoms with Crippen molar-refractivity contribution in [3.8, 4) is 45.3 Å². The molecule has 4 saturated heterocycles. The molecule has 23 nitrogen and oxygen atoms in total. The van der Waals surface area contributed by atoms with Crippen LogP contribution in [0.1, 0.15) is 92.3 Å². The van der Waals surface area contributed by atoms with Gasteiger partial charge in [-0.25, -0.2) is 24.1 Å². The number of carbonyl (C=O) groups excluding carboxylic acids is 7. The first kappa shape index (κ1) is 82.4. The molecule has 4 fully saturated rings. The summed E-state index contributed by atoms with van der Waals surface area (Å²) in [6, 6.07) is 71.0. The molecule has 118 heavy (non-hydrogen) atoms. The van der Waals surface area contributed by atoms with Gasteiger partial charge in [0.2, 0.25) is 0 Å². The van der Waals surface area contributed by atoms with Crippen LogP contribution in [0.2, 0.25) is 5.02 Å². The fourth-order valence-electron chi connectivity index (χ4n) is 11.7. The van der Waals surface area contributed by atoms with Crippen LogP contribution < -0.4 is 4.90 Å². The average molecular weight is 1690 g/mol. The van der Waals surface area contributed by atoms with Crippen molar-refractivity contribution >= 4 is 168 Å². The van der Waals surface area contributed by atoms with E-state index in [1.54, 1.807) is 132 Å². The number of amides is 7. The fourth-order valence-corrected chi connectivity index (χ4v) is 15.6. The number of nitrogens with zero attached hydrogens (tertiary/aromatic N) is 4. The fraction of sp³-hybridized carbons (Fsp3) is 0.0562. The number of anilines is 1. The Morgan fingerprint density at radius 2 is 0.678 bits per heavy atom. The Hall–Kier alpha value is -13.6. The second-order valence-electron chi connectivity index (χ2n) is 26.1. The monoisotopic (exact) mass is 1680 g/mol. The predicted octanol–water partition coefficient (Wildman–Crippen LogP) is 21.0. The minimum atomic E-state index is -1.14. The molecular weight excluding hydrogens is 1620 g/mol. The molecule has 4 aromatic heterocycles. The van der Waals surface area contributed by atoms with Crippen LogP contribution >= 0.6 is 70.9 Å². The molecule has 29 heteroatoms. The van der Waals surface area contributed by atoms with E-state index < -0.39 is 29.8 Å². The second-order valence-corrected chi connectivity index (χ2v) is 31.1. The van der Waals surface area contributed by atoms with Crippen LogP contribution in [0.4, 0.5) is 20.1 Å². The van der Waals surface area contributed by atoms with E-state index in [2.05, 4.69) is 0 Å². The molecule has 8 heterocycles. The van der Waals surface area contributed by atoms with Crippen LogP contribution in [0.5, 0.6) is 0 Å². The number of rotatable bonds is 19. The highest BCUT2D eigenvalue weighted by atomic mass is 35.5. The highest BCUT2D eigenvalue weighted by Gasteiger charge is 2.39. The van der Waals surface area contributed by atoms with Gasteiger partial charge in [0.05, 0.1) is 72.2 Å². The normalized spacial score (nSPS) is 15.3. The molecule has 0 unspecified atom stereocenters. The van der Waals surface area contributed by atoms with Gasteiger partial charge in [0.15, 0.2) is 0 Å². The molecule has 0 saturated carbocycles. The van der Waals surface area contributed by atoms with Gasteiger partial charge in [0.25, 0.3) is 39.3 Å². The number of thioether (sulfide) groups is 4. The molecule has 4 N–H and O–H groups in total. The number of imide groups is 3. The lowest BCUT2D eigenvalue weighted by atomic mass is 10.1. The zero-order valence-corrected chi connectivity index (χ0v) is 66.6. The first-order valence-corrected chi connectivity index (χ1v) is 39.5. The summed E-state index contributed by atoms with van der Waals surface area (Å²) >= 11 is 15.1. The van der Waals surface area contributed by atoms with Crippen molar-refractivity contribution < 1.29 is 90.8 Å². The Morgan fingerprint density at radius 3 is 1.06 bits per heavy atom. The molecule has 7 amide bonds. The highest BCUT2D eigenvalue weighted by Crippen LogP contribution is 2.41. The van der Waals surface area contributed by atoms with Crippen LogP contribution in [-0.2, 0) is 38.8 Å². The molecule has 4 aliphatic heterocycles. The smallest absolute Gasteiger partial charge is 0.337 e. The van der Waals surface area contributed by atoms with Gasteiger partial charge in [-0.3, -0.25) is 48.3 Å². The number of aromatic carboxylic acids is 4. The molecule has 16 rings (SSSR count). The Kier molecular flexibility index (Phi) is 25.8.